The lowest BCUT2D eigenvalue weighted by atomic mass is 10.3. The number of hydrogen-bond donors (Lipinski definition) is 1. The summed E-state index contributed by atoms with van der Waals surface area (Å²) in [5.74, 6) is 0.922. The van der Waals surface area contributed by atoms with E-state index in [0.717, 1.165) is 38.4 Å². The summed E-state index contributed by atoms with van der Waals surface area (Å²) in [4.78, 5) is 6.39. The minimum absolute atomic E-state index is 0. The van der Waals surface area contributed by atoms with Gasteiger partial charge in [-0.2, -0.15) is 5.10 Å². The van der Waals surface area contributed by atoms with Crippen molar-refractivity contribution in [3.05, 3.63) is 31.1 Å². The summed E-state index contributed by atoms with van der Waals surface area (Å²) in [6.45, 7) is 6.37. The predicted octanol–water partition coefficient (Wildman–Crippen LogP) is 1.97. The molecule has 1 N–H and O–H groups in total. The number of allylic oxidation sites excluding steroid dienone is 1. The molecule has 0 atom stereocenters. The van der Waals surface area contributed by atoms with Gasteiger partial charge < -0.3 is 10.2 Å². The van der Waals surface area contributed by atoms with E-state index in [1.165, 1.54) is 0 Å². The zero-order valence-electron chi connectivity index (χ0n) is 11.7. The summed E-state index contributed by atoms with van der Waals surface area (Å²) in [6, 6.07) is 1.93. The zero-order valence-corrected chi connectivity index (χ0v) is 14.1. The molecule has 0 amide bonds. The molecule has 5 nitrogen and oxygen atoms in total. The van der Waals surface area contributed by atoms with Crippen molar-refractivity contribution in [2.75, 3.05) is 27.2 Å². The lowest BCUT2D eigenvalue weighted by molar-refractivity contribution is 0.465. The maximum Gasteiger partial charge on any atom is 0.193 e. The lowest BCUT2D eigenvalue weighted by Gasteiger charge is -2.21. The van der Waals surface area contributed by atoms with Crippen LogP contribution in [0.25, 0.3) is 0 Å². The third-order valence-electron chi connectivity index (χ3n) is 2.66. The second-order valence-electron chi connectivity index (χ2n) is 4.10. The molecule has 0 unspecified atom stereocenters. The van der Waals surface area contributed by atoms with Crippen molar-refractivity contribution in [3.8, 4) is 0 Å². The molecule has 1 aromatic heterocycles. The lowest BCUT2D eigenvalue weighted by Crippen LogP contribution is -2.40. The van der Waals surface area contributed by atoms with Gasteiger partial charge in [-0.25, -0.2) is 0 Å². The third kappa shape index (κ3) is 7.19. The first-order valence-corrected chi connectivity index (χ1v) is 6.28. The van der Waals surface area contributed by atoms with Crippen molar-refractivity contribution >= 4 is 29.9 Å². The maximum atomic E-state index is 4.26. The number of rotatable bonds is 7. The number of guanidine groups is 1. The van der Waals surface area contributed by atoms with Crippen molar-refractivity contribution in [1.29, 1.82) is 0 Å². The van der Waals surface area contributed by atoms with Crippen LogP contribution in [-0.4, -0.2) is 47.8 Å². The van der Waals surface area contributed by atoms with Gasteiger partial charge in [0, 0.05) is 39.6 Å². The summed E-state index contributed by atoms with van der Waals surface area (Å²) in [5, 5.41) is 7.48. The number of aromatic nitrogens is 2. The summed E-state index contributed by atoms with van der Waals surface area (Å²) in [6.07, 6.45) is 7.82. The standard InChI is InChI=1S/C13H23N5.HI/c1-4-5-6-10-17(3)13(14-2)15-9-12-18-11-7-8-16-18;/h4,7-8,11H,1,5-6,9-10,12H2,2-3H3,(H,14,15);1H. The number of halogens is 1. The Kier molecular flexibility index (Phi) is 10.2. The molecule has 0 aliphatic carbocycles. The van der Waals surface area contributed by atoms with Crippen molar-refractivity contribution in [2.45, 2.75) is 19.4 Å². The Morgan fingerprint density at radius 3 is 2.95 bits per heavy atom. The molecule has 0 fully saturated rings. The van der Waals surface area contributed by atoms with Crippen LogP contribution < -0.4 is 5.32 Å². The molecule has 0 saturated heterocycles. The quantitative estimate of drug-likeness (QED) is 0.260. The molecule has 0 aliphatic rings. The topological polar surface area (TPSA) is 45.5 Å². The Bertz CT molecular complexity index is 361. The molecular weight excluding hydrogens is 353 g/mol. The zero-order chi connectivity index (χ0) is 13.2. The number of unbranched alkanes of at least 4 members (excludes halogenated alkanes) is 1. The van der Waals surface area contributed by atoms with Gasteiger partial charge >= 0.3 is 0 Å². The highest BCUT2D eigenvalue weighted by Gasteiger charge is 2.04. The van der Waals surface area contributed by atoms with E-state index in [4.69, 9.17) is 0 Å². The van der Waals surface area contributed by atoms with Crippen molar-refractivity contribution in [3.63, 3.8) is 0 Å². The molecule has 0 saturated carbocycles. The fourth-order valence-electron chi connectivity index (χ4n) is 1.68. The van der Waals surface area contributed by atoms with E-state index in [1.807, 2.05) is 30.1 Å². The van der Waals surface area contributed by atoms with Gasteiger partial charge in [-0.3, -0.25) is 9.67 Å². The highest BCUT2D eigenvalue weighted by atomic mass is 127. The molecule has 0 aliphatic heterocycles. The summed E-state index contributed by atoms with van der Waals surface area (Å²) < 4.78 is 1.90. The largest absolute Gasteiger partial charge is 0.354 e. The van der Waals surface area contributed by atoms with Crippen molar-refractivity contribution in [2.24, 2.45) is 4.99 Å². The monoisotopic (exact) mass is 377 g/mol. The van der Waals surface area contributed by atoms with Gasteiger partial charge in [0.05, 0.1) is 6.54 Å². The fraction of sp³-hybridized carbons (Fsp3) is 0.538. The second kappa shape index (κ2) is 10.8. The van der Waals surface area contributed by atoms with E-state index in [0.29, 0.717) is 0 Å². The van der Waals surface area contributed by atoms with E-state index in [2.05, 4.69) is 26.9 Å². The number of aliphatic imine (C=N–C) groups is 1. The number of nitrogens with zero attached hydrogens (tertiary/aromatic N) is 4. The van der Waals surface area contributed by atoms with Crippen LogP contribution in [0, 0.1) is 0 Å². The highest BCUT2D eigenvalue weighted by molar-refractivity contribution is 14.0. The Hall–Kier alpha value is -1.05. The SMILES string of the molecule is C=CCCCN(C)C(=NC)NCCn1cccn1.I. The fourth-order valence-corrected chi connectivity index (χ4v) is 1.68. The Morgan fingerprint density at radius 2 is 2.37 bits per heavy atom. The summed E-state index contributed by atoms with van der Waals surface area (Å²) >= 11 is 0. The first-order valence-electron chi connectivity index (χ1n) is 6.28. The average Bonchev–Trinajstić information content (AvgIpc) is 2.88. The summed E-state index contributed by atoms with van der Waals surface area (Å²) in [5.41, 5.74) is 0. The molecular formula is C13H24IN5. The molecule has 1 heterocycles. The van der Waals surface area contributed by atoms with Gasteiger partial charge in [-0.05, 0) is 18.9 Å². The predicted molar refractivity (Wildman–Crippen MR) is 91.1 cm³/mol. The average molecular weight is 377 g/mol. The van der Waals surface area contributed by atoms with Gasteiger partial charge in [0.25, 0.3) is 0 Å². The molecule has 1 aromatic rings. The van der Waals surface area contributed by atoms with Crippen LogP contribution in [0.4, 0.5) is 0 Å². The Labute approximate surface area is 132 Å². The summed E-state index contributed by atoms with van der Waals surface area (Å²) in [7, 11) is 3.85. The van der Waals surface area contributed by atoms with E-state index in [9.17, 15) is 0 Å². The van der Waals surface area contributed by atoms with Gasteiger partial charge in [0.15, 0.2) is 5.96 Å². The van der Waals surface area contributed by atoms with E-state index >= 15 is 0 Å². The van der Waals surface area contributed by atoms with Crippen LogP contribution in [0.15, 0.2) is 36.1 Å². The van der Waals surface area contributed by atoms with Gasteiger partial charge in [0.1, 0.15) is 0 Å². The first kappa shape index (κ1) is 17.9. The van der Waals surface area contributed by atoms with Crippen LogP contribution in [0.2, 0.25) is 0 Å². The minimum atomic E-state index is 0. The number of nitrogens with one attached hydrogen (secondary N) is 1. The van der Waals surface area contributed by atoms with Crippen LogP contribution in [-0.2, 0) is 6.54 Å². The van der Waals surface area contributed by atoms with Crippen molar-refractivity contribution in [1.82, 2.24) is 20.0 Å². The molecule has 0 bridgehead atoms. The van der Waals surface area contributed by atoms with Crippen LogP contribution in [0.5, 0.6) is 0 Å². The van der Waals surface area contributed by atoms with Gasteiger partial charge in [-0.1, -0.05) is 6.08 Å². The van der Waals surface area contributed by atoms with Gasteiger partial charge in [0.2, 0.25) is 0 Å². The molecule has 0 spiro atoms. The second-order valence-corrected chi connectivity index (χ2v) is 4.10. The molecule has 0 aromatic carbocycles. The van der Waals surface area contributed by atoms with E-state index in [1.54, 1.807) is 13.2 Å². The van der Waals surface area contributed by atoms with Crippen LogP contribution >= 0.6 is 24.0 Å². The molecule has 6 heteroatoms. The Balaban J connectivity index is 0.00000324. The van der Waals surface area contributed by atoms with Crippen molar-refractivity contribution < 1.29 is 0 Å². The minimum Gasteiger partial charge on any atom is -0.354 e. The molecule has 1 rings (SSSR count). The van der Waals surface area contributed by atoms with E-state index < -0.39 is 0 Å². The smallest absolute Gasteiger partial charge is 0.193 e. The highest BCUT2D eigenvalue weighted by Crippen LogP contribution is 1.94. The van der Waals surface area contributed by atoms with E-state index in [-0.39, 0.29) is 24.0 Å². The maximum absolute atomic E-state index is 4.26. The first-order chi connectivity index (χ1) is 8.77. The third-order valence-corrected chi connectivity index (χ3v) is 2.66. The molecule has 0 radical (unpaired) electrons. The Morgan fingerprint density at radius 1 is 1.58 bits per heavy atom. The van der Waals surface area contributed by atoms with Crippen LogP contribution in [0.3, 0.4) is 0 Å². The molecule has 108 valence electrons. The normalized spacial score (nSPS) is 10.7. The number of hydrogen-bond acceptors (Lipinski definition) is 2. The van der Waals surface area contributed by atoms with Crippen LogP contribution in [0.1, 0.15) is 12.8 Å². The van der Waals surface area contributed by atoms with Gasteiger partial charge in [-0.15, -0.1) is 30.6 Å². The molecule has 19 heavy (non-hydrogen) atoms.